The maximum Gasteiger partial charge on any atom is 0.319 e. The van der Waals surface area contributed by atoms with Crippen LogP contribution < -0.4 is 10.6 Å². The van der Waals surface area contributed by atoms with Crippen LogP contribution in [0.15, 0.2) is 59.4 Å². The minimum atomic E-state index is -0.343. The second-order valence-corrected chi connectivity index (χ2v) is 10.4. The summed E-state index contributed by atoms with van der Waals surface area (Å²) >= 11 is 0. The molecule has 3 atom stereocenters. The van der Waals surface area contributed by atoms with Crippen LogP contribution in [0.4, 0.5) is 19.3 Å². The van der Waals surface area contributed by atoms with Crippen molar-refractivity contribution in [3.8, 4) is 0 Å². The molecule has 3 heterocycles. The number of halogens is 2. The fraction of sp³-hybridized carbons (Fsp3) is 0.464. The molecule has 202 valence electrons. The molecule has 2 amide bonds. The van der Waals surface area contributed by atoms with Crippen molar-refractivity contribution in [1.29, 1.82) is 0 Å². The first-order valence-electron chi connectivity index (χ1n) is 13.3. The first-order valence-corrected chi connectivity index (χ1v) is 13.3. The van der Waals surface area contributed by atoms with Crippen molar-refractivity contribution in [2.75, 3.05) is 38.0 Å². The van der Waals surface area contributed by atoms with E-state index in [4.69, 9.17) is 4.52 Å². The Bertz CT molecular complexity index is 1160. The number of carbonyl (C=O) groups excluding carboxylic acids is 1. The van der Waals surface area contributed by atoms with Crippen LogP contribution in [0.3, 0.4) is 0 Å². The normalized spacial score (nSPS) is 22.7. The number of nitrogens with zero attached hydrogens (tertiary/aromatic N) is 4. The van der Waals surface area contributed by atoms with Gasteiger partial charge < -0.3 is 20.1 Å². The molecule has 0 aliphatic carbocycles. The van der Waals surface area contributed by atoms with E-state index in [2.05, 4.69) is 30.6 Å². The van der Waals surface area contributed by atoms with Crippen LogP contribution in [0.1, 0.15) is 30.7 Å². The molecule has 1 unspecified atom stereocenters. The van der Waals surface area contributed by atoms with Crippen molar-refractivity contribution in [3.63, 3.8) is 0 Å². The van der Waals surface area contributed by atoms with Gasteiger partial charge in [-0.1, -0.05) is 17.3 Å². The molecule has 8 nitrogen and oxygen atoms in total. The summed E-state index contributed by atoms with van der Waals surface area (Å²) < 4.78 is 31.5. The zero-order valence-electron chi connectivity index (χ0n) is 21.4. The van der Waals surface area contributed by atoms with E-state index in [1.165, 1.54) is 36.2 Å². The summed E-state index contributed by atoms with van der Waals surface area (Å²) in [6.45, 7) is 5.08. The smallest absolute Gasteiger partial charge is 0.319 e. The molecular formula is C28H34F2N6O2. The molecule has 38 heavy (non-hydrogen) atoms. The highest BCUT2D eigenvalue weighted by atomic mass is 19.1. The summed E-state index contributed by atoms with van der Waals surface area (Å²) in [4.78, 5) is 21.8. The molecule has 2 fully saturated rings. The van der Waals surface area contributed by atoms with Crippen molar-refractivity contribution >= 4 is 11.7 Å². The van der Waals surface area contributed by atoms with Crippen LogP contribution in [-0.4, -0.2) is 64.7 Å². The van der Waals surface area contributed by atoms with Gasteiger partial charge in [0.15, 0.2) is 5.82 Å². The van der Waals surface area contributed by atoms with Crippen LogP contribution in [-0.2, 0) is 13.0 Å². The molecule has 10 heteroatoms. The molecular weight excluding hydrogens is 490 g/mol. The number of aromatic nitrogens is 2. The molecule has 0 saturated carbocycles. The molecule has 2 N–H and O–H groups in total. The average Bonchev–Trinajstić information content (AvgIpc) is 3.42. The first kappa shape index (κ1) is 26.2. The van der Waals surface area contributed by atoms with Gasteiger partial charge in [-0.15, -0.1) is 0 Å². The summed E-state index contributed by atoms with van der Waals surface area (Å²) in [6, 6.07) is 12.3. The van der Waals surface area contributed by atoms with Crippen LogP contribution in [0.25, 0.3) is 0 Å². The van der Waals surface area contributed by atoms with Crippen LogP contribution >= 0.6 is 0 Å². The monoisotopic (exact) mass is 524 g/mol. The molecule has 1 aromatic heterocycles. The Balaban J connectivity index is 1.21. The summed E-state index contributed by atoms with van der Waals surface area (Å²) in [5.74, 6) is 0.829. The molecule has 3 aromatic rings. The predicted octanol–water partition coefficient (Wildman–Crippen LogP) is 4.31. The highest BCUT2D eigenvalue weighted by molar-refractivity contribution is 5.89. The number of urea groups is 1. The number of benzene rings is 2. The number of rotatable bonds is 8. The lowest BCUT2D eigenvalue weighted by Crippen LogP contribution is -2.55. The number of hydrogen-bond donors (Lipinski definition) is 2. The van der Waals surface area contributed by atoms with Crippen molar-refractivity contribution in [2.24, 2.45) is 11.8 Å². The predicted molar refractivity (Wildman–Crippen MR) is 139 cm³/mol. The second kappa shape index (κ2) is 12.4. The standard InChI is InChI=1S/C28H34F2N6O2/c29-23-5-3-20(4-6-23)14-21-2-1-12-35(15-21)16-22-17-36(18-27-31-19-38-34-27)13-11-26(22)33-28(37)32-25-9-7-24(30)8-10-25/h3-10,19,21-22,26H,1-2,11-18H2,(H2,32,33,37)/t21?,22-,26-/m1/s1. The Morgan fingerprint density at radius 1 is 0.974 bits per heavy atom. The van der Waals surface area contributed by atoms with E-state index in [-0.39, 0.29) is 29.6 Å². The van der Waals surface area contributed by atoms with Crippen LogP contribution in [0.5, 0.6) is 0 Å². The van der Waals surface area contributed by atoms with Gasteiger partial charge in [-0.3, -0.25) is 4.90 Å². The highest BCUT2D eigenvalue weighted by Crippen LogP contribution is 2.25. The Morgan fingerprint density at radius 3 is 2.47 bits per heavy atom. The van der Waals surface area contributed by atoms with Gasteiger partial charge in [0.25, 0.3) is 0 Å². The number of piperidine rings is 2. The van der Waals surface area contributed by atoms with Gasteiger partial charge in [0.2, 0.25) is 6.39 Å². The van der Waals surface area contributed by atoms with Crippen molar-refractivity contribution in [2.45, 2.75) is 38.3 Å². The molecule has 0 bridgehead atoms. The zero-order chi connectivity index (χ0) is 26.3. The lowest BCUT2D eigenvalue weighted by Gasteiger charge is -2.42. The fourth-order valence-electron chi connectivity index (χ4n) is 5.73. The quantitative estimate of drug-likeness (QED) is 0.457. The van der Waals surface area contributed by atoms with Gasteiger partial charge in [0.1, 0.15) is 11.6 Å². The van der Waals surface area contributed by atoms with E-state index in [9.17, 15) is 13.6 Å². The molecule has 2 aliphatic rings. The third-order valence-corrected chi connectivity index (χ3v) is 7.54. The Labute approximate surface area is 221 Å². The maximum absolute atomic E-state index is 13.3. The Morgan fingerprint density at radius 2 is 1.74 bits per heavy atom. The van der Waals surface area contributed by atoms with E-state index in [0.717, 1.165) is 58.4 Å². The largest absolute Gasteiger partial charge is 0.343 e. The van der Waals surface area contributed by atoms with E-state index in [1.54, 1.807) is 12.1 Å². The molecule has 0 spiro atoms. The van der Waals surface area contributed by atoms with Crippen LogP contribution in [0, 0.1) is 23.5 Å². The number of nitrogens with one attached hydrogen (secondary N) is 2. The number of amides is 2. The van der Waals surface area contributed by atoms with Crippen molar-refractivity contribution in [1.82, 2.24) is 25.3 Å². The van der Waals surface area contributed by atoms with Gasteiger partial charge in [0.05, 0.1) is 6.54 Å². The fourth-order valence-corrected chi connectivity index (χ4v) is 5.73. The first-order chi connectivity index (χ1) is 18.5. The minimum Gasteiger partial charge on any atom is -0.343 e. The lowest BCUT2D eigenvalue weighted by atomic mass is 9.88. The lowest BCUT2D eigenvalue weighted by molar-refractivity contribution is 0.0803. The van der Waals surface area contributed by atoms with Gasteiger partial charge in [0, 0.05) is 43.8 Å². The maximum atomic E-state index is 13.3. The Kier molecular flexibility index (Phi) is 8.60. The highest BCUT2D eigenvalue weighted by Gasteiger charge is 2.33. The molecule has 2 aromatic carbocycles. The van der Waals surface area contributed by atoms with Gasteiger partial charge >= 0.3 is 6.03 Å². The SMILES string of the molecule is O=C(Nc1ccc(F)cc1)N[C@@H]1CCN(Cc2ncon2)C[C@H]1CN1CCCC(Cc2ccc(F)cc2)C1. The van der Waals surface area contributed by atoms with E-state index >= 15 is 0 Å². The van der Waals surface area contributed by atoms with Gasteiger partial charge in [-0.25, -0.2) is 13.6 Å². The van der Waals surface area contributed by atoms with E-state index in [1.807, 2.05) is 12.1 Å². The minimum absolute atomic E-state index is 0.00515. The molecule has 0 radical (unpaired) electrons. The topological polar surface area (TPSA) is 86.5 Å². The van der Waals surface area contributed by atoms with E-state index < -0.39 is 0 Å². The molecule has 5 rings (SSSR count). The summed E-state index contributed by atoms with van der Waals surface area (Å²) in [7, 11) is 0. The summed E-state index contributed by atoms with van der Waals surface area (Å²) in [5.41, 5.74) is 1.72. The number of anilines is 1. The molecule has 2 aliphatic heterocycles. The number of carbonyl (C=O) groups is 1. The van der Waals surface area contributed by atoms with Crippen molar-refractivity contribution < 1.29 is 18.1 Å². The number of likely N-dealkylation sites (tertiary alicyclic amines) is 2. The molecule has 2 saturated heterocycles. The zero-order valence-corrected chi connectivity index (χ0v) is 21.4. The van der Waals surface area contributed by atoms with Crippen LogP contribution in [0.2, 0.25) is 0 Å². The van der Waals surface area contributed by atoms with Gasteiger partial charge in [-0.05, 0) is 80.1 Å². The Hall–Kier alpha value is -3.37. The number of hydrogen-bond acceptors (Lipinski definition) is 6. The third-order valence-electron chi connectivity index (χ3n) is 7.54. The summed E-state index contributed by atoms with van der Waals surface area (Å²) in [6.07, 6.45) is 5.35. The second-order valence-electron chi connectivity index (χ2n) is 10.4. The van der Waals surface area contributed by atoms with Crippen molar-refractivity contribution in [3.05, 3.63) is 77.9 Å². The third kappa shape index (κ3) is 7.35. The van der Waals surface area contributed by atoms with Gasteiger partial charge in [-0.2, -0.15) is 4.98 Å². The summed E-state index contributed by atoms with van der Waals surface area (Å²) in [5, 5.41) is 9.96. The average molecular weight is 525 g/mol. The van der Waals surface area contributed by atoms with E-state index in [0.29, 0.717) is 24.0 Å².